The van der Waals surface area contributed by atoms with Crippen LogP contribution in [0.4, 0.5) is 5.69 Å². The van der Waals surface area contributed by atoms with Crippen LogP contribution in [0.15, 0.2) is 29.4 Å². The second-order valence-corrected chi connectivity index (χ2v) is 5.42. The van der Waals surface area contributed by atoms with E-state index in [1.807, 2.05) is 0 Å². The Morgan fingerprint density at radius 2 is 2.00 bits per heavy atom. The largest absolute Gasteiger partial charge is 0.464 e. The van der Waals surface area contributed by atoms with Gasteiger partial charge in [0.1, 0.15) is 0 Å². The maximum absolute atomic E-state index is 12.6. The highest BCUT2D eigenvalue weighted by molar-refractivity contribution is 6.38. The van der Waals surface area contributed by atoms with Crippen molar-refractivity contribution in [2.75, 3.05) is 12.0 Å². The van der Waals surface area contributed by atoms with Crippen LogP contribution in [0.2, 0.25) is 5.02 Å². The van der Waals surface area contributed by atoms with Crippen molar-refractivity contribution in [2.45, 2.75) is 18.4 Å². The van der Waals surface area contributed by atoms with Crippen LogP contribution in [0, 0.1) is 0 Å². The van der Waals surface area contributed by atoms with Gasteiger partial charge in [-0.15, -0.1) is 0 Å². The third-order valence-electron chi connectivity index (χ3n) is 3.57. The van der Waals surface area contributed by atoms with E-state index < -0.39 is 23.4 Å². The number of benzene rings is 1. The van der Waals surface area contributed by atoms with Gasteiger partial charge in [0.2, 0.25) is 11.5 Å². The molecule has 1 aromatic carbocycles. The summed E-state index contributed by atoms with van der Waals surface area (Å²) in [5.41, 5.74) is -1.08. The zero-order valence-corrected chi connectivity index (χ0v) is 12.3. The van der Waals surface area contributed by atoms with Crippen molar-refractivity contribution in [1.82, 2.24) is 0 Å². The van der Waals surface area contributed by atoms with Crippen LogP contribution in [0.3, 0.4) is 0 Å². The SMILES string of the molecule is COC(=O)C1=NO[C@]2(CC(=O)N(c3ccc(Cl)cc3)C2=O)C1. The predicted molar refractivity (Wildman–Crippen MR) is 76.4 cm³/mol. The minimum atomic E-state index is -1.46. The Balaban J connectivity index is 1.87. The number of carbonyl (C=O) groups is 3. The maximum Gasteiger partial charge on any atom is 0.356 e. The van der Waals surface area contributed by atoms with Gasteiger partial charge in [-0.1, -0.05) is 16.8 Å². The van der Waals surface area contributed by atoms with Gasteiger partial charge >= 0.3 is 5.97 Å². The third-order valence-corrected chi connectivity index (χ3v) is 3.82. The molecule has 2 aliphatic rings. The molecule has 0 unspecified atom stereocenters. The summed E-state index contributed by atoms with van der Waals surface area (Å²) >= 11 is 5.80. The summed E-state index contributed by atoms with van der Waals surface area (Å²) in [4.78, 5) is 42.4. The van der Waals surface area contributed by atoms with Crippen molar-refractivity contribution >= 4 is 40.8 Å². The topological polar surface area (TPSA) is 85.3 Å². The number of oxime groups is 1. The van der Waals surface area contributed by atoms with E-state index >= 15 is 0 Å². The standard InChI is InChI=1S/C14H11ClN2O5/c1-21-12(19)10-6-14(22-16-10)7-11(18)17(13(14)20)9-4-2-8(15)3-5-9/h2-5H,6-7H2,1H3/t14-/m0/s1. The fraction of sp³-hybridized carbons (Fsp3) is 0.286. The van der Waals surface area contributed by atoms with Crippen LogP contribution >= 0.6 is 11.6 Å². The molecule has 2 heterocycles. The molecule has 114 valence electrons. The molecule has 0 N–H and O–H groups in total. The van der Waals surface area contributed by atoms with Crippen molar-refractivity contribution in [2.24, 2.45) is 5.16 Å². The van der Waals surface area contributed by atoms with E-state index in [4.69, 9.17) is 16.4 Å². The first-order valence-electron chi connectivity index (χ1n) is 6.43. The van der Waals surface area contributed by atoms with Gasteiger partial charge in [0.15, 0.2) is 5.71 Å². The normalized spacial score (nSPS) is 23.7. The van der Waals surface area contributed by atoms with E-state index in [2.05, 4.69) is 9.89 Å². The van der Waals surface area contributed by atoms with Gasteiger partial charge in [0.05, 0.1) is 25.6 Å². The van der Waals surface area contributed by atoms with E-state index in [1.54, 1.807) is 24.3 Å². The molecule has 0 aromatic heterocycles. The first-order chi connectivity index (χ1) is 10.5. The summed E-state index contributed by atoms with van der Waals surface area (Å²) in [5, 5.41) is 4.08. The highest BCUT2D eigenvalue weighted by atomic mass is 35.5. The summed E-state index contributed by atoms with van der Waals surface area (Å²) in [5.74, 6) is -1.65. The molecule has 1 spiro atoms. The molecule has 2 amide bonds. The minimum Gasteiger partial charge on any atom is -0.464 e. The highest BCUT2D eigenvalue weighted by Crippen LogP contribution is 2.38. The van der Waals surface area contributed by atoms with Crippen LogP contribution in [0.1, 0.15) is 12.8 Å². The van der Waals surface area contributed by atoms with E-state index in [0.29, 0.717) is 10.7 Å². The zero-order valence-electron chi connectivity index (χ0n) is 11.5. The Labute approximate surface area is 130 Å². The van der Waals surface area contributed by atoms with Crippen molar-refractivity contribution in [3.8, 4) is 0 Å². The number of esters is 1. The Hall–Kier alpha value is -2.41. The number of rotatable bonds is 2. The number of anilines is 1. The lowest BCUT2D eigenvalue weighted by Crippen LogP contribution is -2.41. The van der Waals surface area contributed by atoms with E-state index in [0.717, 1.165) is 4.90 Å². The molecule has 0 aliphatic carbocycles. The second kappa shape index (κ2) is 5.10. The Bertz CT molecular complexity index is 700. The molecule has 2 aliphatic heterocycles. The fourth-order valence-electron chi connectivity index (χ4n) is 2.48. The average Bonchev–Trinajstić information content (AvgIpc) is 3.03. The van der Waals surface area contributed by atoms with Gasteiger partial charge in [-0.3, -0.25) is 9.59 Å². The maximum atomic E-state index is 12.6. The lowest BCUT2D eigenvalue weighted by molar-refractivity contribution is -0.136. The van der Waals surface area contributed by atoms with Gasteiger partial charge in [-0.2, -0.15) is 0 Å². The van der Waals surface area contributed by atoms with Crippen LogP contribution in [-0.4, -0.2) is 36.2 Å². The van der Waals surface area contributed by atoms with Crippen LogP contribution in [0.5, 0.6) is 0 Å². The Morgan fingerprint density at radius 3 is 2.64 bits per heavy atom. The fourth-order valence-corrected chi connectivity index (χ4v) is 2.61. The number of imide groups is 1. The van der Waals surface area contributed by atoms with Crippen molar-refractivity contribution < 1.29 is 24.0 Å². The molecule has 0 saturated carbocycles. The van der Waals surface area contributed by atoms with E-state index in [1.165, 1.54) is 7.11 Å². The number of hydrogen-bond donors (Lipinski definition) is 0. The Morgan fingerprint density at radius 1 is 1.32 bits per heavy atom. The minimum absolute atomic E-state index is 0.0124. The summed E-state index contributed by atoms with van der Waals surface area (Å²) in [6, 6.07) is 6.28. The highest BCUT2D eigenvalue weighted by Gasteiger charge is 2.58. The number of ether oxygens (including phenoxy) is 1. The third kappa shape index (κ3) is 2.14. The molecule has 0 bridgehead atoms. The molecule has 3 rings (SSSR count). The number of hydrogen-bond acceptors (Lipinski definition) is 6. The van der Waals surface area contributed by atoms with Gasteiger partial charge in [0.25, 0.3) is 5.91 Å². The number of methoxy groups -OCH3 is 1. The van der Waals surface area contributed by atoms with Gasteiger partial charge in [-0.25, -0.2) is 9.69 Å². The van der Waals surface area contributed by atoms with Gasteiger partial charge in [-0.05, 0) is 24.3 Å². The number of nitrogens with zero attached hydrogens (tertiary/aromatic N) is 2. The molecule has 1 saturated heterocycles. The Kier molecular flexibility index (Phi) is 3.37. The number of carbonyl (C=O) groups excluding carboxylic acids is 3. The molecule has 1 atom stereocenters. The van der Waals surface area contributed by atoms with Crippen molar-refractivity contribution in [3.63, 3.8) is 0 Å². The summed E-state index contributed by atoms with van der Waals surface area (Å²) in [6.07, 6.45) is -0.271. The molecule has 7 nitrogen and oxygen atoms in total. The first kappa shape index (κ1) is 14.5. The number of halogens is 1. The molecule has 1 aromatic rings. The quantitative estimate of drug-likeness (QED) is 0.605. The van der Waals surface area contributed by atoms with E-state index in [9.17, 15) is 14.4 Å². The van der Waals surface area contributed by atoms with Crippen LogP contribution in [-0.2, 0) is 24.0 Å². The van der Waals surface area contributed by atoms with Crippen molar-refractivity contribution in [3.05, 3.63) is 29.3 Å². The van der Waals surface area contributed by atoms with Gasteiger partial charge < -0.3 is 9.57 Å². The van der Waals surface area contributed by atoms with Crippen LogP contribution < -0.4 is 4.90 Å². The average molecular weight is 323 g/mol. The molecule has 1 fully saturated rings. The summed E-state index contributed by atoms with van der Waals surface area (Å²) < 4.78 is 4.55. The molecular weight excluding hydrogens is 312 g/mol. The smallest absolute Gasteiger partial charge is 0.356 e. The lowest BCUT2D eigenvalue weighted by Gasteiger charge is -2.19. The lowest BCUT2D eigenvalue weighted by atomic mass is 9.95. The van der Waals surface area contributed by atoms with Gasteiger partial charge in [0, 0.05) is 5.02 Å². The zero-order chi connectivity index (χ0) is 15.9. The van der Waals surface area contributed by atoms with E-state index in [-0.39, 0.29) is 18.6 Å². The molecule has 22 heavy (non-hydrogen) atoms. The number of amides is 2. The summed E-state index contributed by atoms with van der Waals surface area (Å²) in [7, 11) is 1.21. The summed E-state index contributed by atoms with van der Waals surface area (Å²) in [6.45, 7) is 0. The molecule has 0 radical (unpaired) electrons. The van der Waals surface area contributed by atoms with Crippen LogP contribution in [0.25, 0.3) is 0 Å². The monoisotopic (exact) mass is 322 g/mol. The molecular formula is C14H11ClN2O5. The predicted octanol–water partition coefficient (Wildman–Crippen LogP) is 1.29. The van der Waals surface area contributed by atoms with Crippen molar-refractivity contribution in [1.29, 1.82) is 0 Å². The second-order valence-electron chi connectivity index (χ2n) is 4.98. The first-order valence-corrected chi connectivity index (χ1v) is 6.81. The molecule has 8 heteroatoms.